The first-order valence-electron chi connectivity index (χ1n) is 8.58. The fourth-order valence-electron chi connectivity index (χ4n) is 3.39. The fourth-order valence-corrected chi connectivity index (χ4v) is 4.04. The summed E-state index contributed by atoms with van der Waals surface area (Å²) in [4.78, 5) is 15.9. The van der Waals surface area contributed by atoms with Crippen LogP contribution in [0.4, 0.5) is 5.95 Å². The van der Waals surface area contributed by atoms with Crippen molar-refractivity contribution in [3.05, 3.63) is 46.3 Å². The van der Waals surface area contributed by atoms with Crippen LogP contribution < -0.4 is 10.2 Å². The molecule has 3 aromatic heterocycles. The summed E-state index contributed by atoms with van der Waals surface area (Å²) in [5.41, 5.74) is 1.95. The summed E-state index contributed by atoms with van der Waals surface area (Å²) in [6.07, 6.45) is 1.90. The Balaban J connectivity index is 1.47. The zero-order valence-electron chi connectivity index (χ0n) is 14.2. The molecule has 0 aromatic carbocycles. The van der Waals surface area contributed by atoms with Crippen LogP contribution in [0.1, 0.15) is 23.4 Å². The Hall–Kier alpha value is -2.41. The summed E-state index contributed by atoms with van der Waals surface area (Å²) in [6.45, 7) is 4.25. The molecule has 1 atom stereocenters. The zero-order valence-corrected chi connectivity index (χ0v) is 15.0. The van der Waals surface area contributed by atoms with Gasteiger partial charge in [0.1, 0.15) is 0 Å². The lowest BCUT2D eigenvalue weighted by molar-refractivity contribution is -0.125. The highest BCUT2D eigenvalue weighted by Gasteiger charge is 2.28. The molecule has 0 radical (unpaired) electrons. The molecule has 25 heavy (non-hydrogen) atoms. The fraction of sp³-hybridized carbons (Fsp3) is 0.389. The van der Waals surface area contributed by atoms with Crippen molar-refractivity contribution in [1.82, 2.24) is 19.9 Å². The number of fused-ring (bicyclic) bond motifs is 1. The first kappa shape index (κ1) is 16.1. The van der Waals surface area contributed by atoms with Gasteiger partial charge in [0, 0.05) is 23.7 Å². The van der Waals surface area contributed by atoms with Crippen LogP contribution in [-0.4, -0.2) is 33.6 Å². The normalized spacial score (nSPS) is 17.8. The SMILES string of the molecule is Cc1cccc2nnc(N3CCC[C@@H](C(=O)NCc4cccs4)C3)n12. The van der Waals surface area contributed by atoms with Crippen molar-refractivity contribution in [1.29, 1.82) is 0 Å². The zero-order chi connectivity index (χ0) is 17.2. The molecule has 4 rings (SSSR count). The first-order valence-corrected chi connectivity index (χ1v) is 9.46. The maximum absolute atomic E-state index is 12.6. The summed E-state index contributed by atoms with van der Waals surface area (Å²) >= 11 is 1.67. The Kier molecular flexibility index (Phi) is 4.40. The van der Waals surface area contributed by atoms with Gasteiger partial charge in [0.25, 0.3) is 0 Å². The molecule has 1 fully saturated rings. The van der Waals surface area contributed by atoms with Crippen LogP contribution in [0.2, 0.25) is 0 Å². The van der Waals surface area contributed by atoms with Gasteiger partial charge >= 0.3 is 0 Å². The van der Waals surface area contributed by atoms with Gasteiger partial charge in [-0.15, -0.1) is 21.5 Å². The van der Waals surface area contributed by atoms with Crippen molar-refractivity contribution in [2.75, 3.05) is 18.0 Å². The van der Waals surface area contributed by atoms with Gasteiger partial charge in [-0.05, 0) is 43.3 Å². The van der Waals surface area contributed by atoms with Gasteiger partial charge in [-0.3, -0.25) is 9.20 Å². The molecule has 1 amide bonds. The number of carbonyl (C=O) groups excluding carboxylic acids is 1. The molecule has 4 heterocycles. The average molecular weight is 355 g/mol. The highest BCUT2D eigenvalue weighted by molar-refractivity contribution is 7.09. The number of piperidine rings is 1. The number of rotatable bonds is 4. The molecule has 6 nitrogen and oxygen atoms in total. The number of thiophene rings is 1. The standard InChI is InChI=1S/C18H21N5OS/c1-13-5-2-8-16-20-21-18(23(13)16)22-9-3-6-14(12-22)17(24)19-11-15-7-4-10-25-15/h2,4-5,7-8,10,14H,3,6,9,11-12H2,1H3,(H,19,24)/t14-/m1/s1. The van der Waals surface area contributed by atoms with Gasteiger partial charge in [0.05, 0.1) is 12.5 Å². The minimum Gasteiger partial charge on any atom is -0.351 e. The monoisotopic (exact) mass is 355 g/mol. The second kappa shape index (κ2) is 6.84. The molecule has 0 aliphatic carbocycles. The Bertz CT molecular complexity index is 873. The van der Waals surface area contributed by atoms with Crippen molar-refractivity contribution in [3.63, 3.8) is 0 Å². The van der Waals surface area contributed by atoms with E-state index in [0.29, 0.717) is 13.1 Å². The molecule has 1 N–H and O–H groups in total. The molecule has 1 aliphatic rings. The van der Waals surface area contributed by atoms with Gasteiger partial charge in [0.2, 0.25) is 11.9 Å². The number of carbonyl (C=O) groups is 1. The predicted molar refractivity (Wildman–Crippen MR) is 98.8 cm³/mol. The van der Waals surface area contributed by atoms with Crippen LogP contribution in [-0.2, 0) is 11.3 Å². The van der Waals surface area contributed by atoms with Gasteiger partial charge in [-0.25, -0.2) is 0 Å². The van der Waals surface area contributed by atoms with Crippen molar-refractivity contribution < 1.29 is 4.79 Å². The number of hydrogen-bond acceptors (Lipinski definition) is 5. The third-order valence-corrected chi connectivity index (χ3v) is 5.57. The molecule has 1 saturated heterocycles. The van der Waals surface area contributed by atoms with E-state index in [-0.39, 0.29) is 11.8 Å². The van der Waals surface area contributed by atoms with E-state index >= 15 is 0 Å². The third kappa shape index (κ3) is 3.24. The maximum atomic E-state index is 12.6. The van der Waals surface area contributed by atoms with E-state index in [1.165, 1.54) is 4.88 Å². The molecule has 3 aromatic rings. The van der Waals surface area contributed by atoms with E-state index in [9.17, 15) is 4.79 Å². The molecule has 1 aliphatic heterocycles. The molecule has 130 valence electrons. The Labute approximate surface area is 150 Å². The summed E-state index contributed by atoms with van der Waals surface area (Å²) in [6, 6.07) is 10.0. The second-order valence-corrected chi connectivity index (χ2v) is 7.48. The number of nitrogens with one attached hydrogen (secondary N) is 1. The van der Waals surface area contributed by atoms with E-state index in [2.05, 4.69) is 37.8 Å². The highest BCUT2D eigenvalue weighted by atomic mass is 32.1. The van der Waals surface area contributed by atoms with Crippen LogP contribution in [0.15, 0.2) is 35.7 Å². The van der Waals surface area contributed by atoms with Crippen molar-refractivity contribution >= 4 is 28.8 Å². The van der Waals surface area contributed by atoms with Crippen LogP contribution in [0.25, 0.3) is 5.65 Å². The number of amides is 1. The smallest absolute Gasteiger partial charge is 0.231 e. The molecular formula is C18H21N5OS. The van der Waals surface area contributed by atoms with Crippen LogP contribution in [0, 0.1) is 12.8 Å². The largest absolute Gasteiger partial charge is 0.351 e. The van der Waals surface area contributed by atoms with Gasteiger partial charge in [0.15, 0.2) is 5.65 Å². The number of aryl methyl sites for hydroxylation is 1. The van der Waals surface area contributed by atoms with Gasteiger partial charge in [-0.1, -0.05) is 12.1 Å². The van der Waals surface area contributed by atoms with E-state index in [1.54, 1.807) is 11.3 Å². The topological polar surface area (TPSA) is 62.5 Å². The van der Waals surface area contributed by atoms with E-state index in [4.69, 9.17) is 0 Å². The summed E-state index contributed by atoms with van der Waals surface area (Å²) in [5.74, 6) is 0.956. The third-order valence-electron chi connectivity index (χ3n) is 4.70. The highest BCUT2D eigenvalue weighted by Crippen LogP contribution is 2.23. The Morgan fingerprint density at radius 2 is 2.24 bits per heavy atom. The minimum atomic E-state index is -0.00918. The second-order valence-electron chi connectivity index (χ2n) is 6.44. The first-order chi connectivity index (χ1) is 12.2. The van der Waals surface area contributed by atoms with E-state index in [0.717, 1.165) is 36.7 Å². The molecular weight excluding hydrogens is 334 g/mol. The Morgan fingerprint density at radius 1 is 1.32 bits per heavy atom. The maximum Gasteiger partial charge on any atom is 0.231 e. The Morgan fingerprint density at radius 3 is 3.08 bits per heavy atom. The lowest BCUT2D eigenvalue weighted by Crippen LogP contribution is -2.43. The van der Waals surface area contributed by atoms with Crippen LogP contribution in [0.3, 0.4) is 0 Å². The molecule has 0 bridgehead atoms. The van der Waals surface area contributed by atoms with Crippen LogP contribution in [0.5, 0.6) is 0 Å². The number of pyridine rings is 1. The molecule has 0 spiro atoms. The molecule has 0 unspecified atom stereocenters. The van der Waals surface area contributed by atoms with Crippen molar-refractivity contribution in [3.8, 4) is 0 Å². The molecule has 7 heteroatoms. The predicted octanol–water partition coefficient (Wildman–Crippen LogP) is 2.63. The minimum absolute atomic E-state index is 0.00918. The van der Waals surface area contributed by atoms with Crippen molar-refractivity contribution in [2.24, 2.45) is 5.92 Å². The summed E-state index contributed by atoms with van der Waals surface area (Å²) < 4.78 is 2.06. The molecule has 0 saturated carbocycles. The van der Waals surface area contributed by atoms with E-state index < -0.39 is 0 Å². The number of anilines is 1. The summed E-state index contributed by atoms with van der Waals surface area (Å²) in [7, 11) is 0. The lowest BCUT2D eigenvalue weighted by Gasteiger charge is -2.32. The number of nitrogens with zero attached hydrogens (tertiary/aromatic N) is 4. The van der Waals surface area contributed by atoms with Gasteiger partial charge in [-0.2, -0.15) is 0 Å². The lowest BCUT2D eigenvalue weighted by atomic mass is 9.97. The van der Waals surface area contributed by atoms with Crippen molar-refractivity contribution in [2.45, 2.75) is 26.3 Å². The van der Waals surface area contributed by atoms with Gasteiger partial charge < -0.3 is 10.2 Å². The number of hydrogen-bond donors (Lipinski definition) is 1. The summed E-state index contributed by atoms with van der Waals surface area (Å²) in [5, 5.41) is 13.7. The quantitative estimate of drug-likeness (QED) is 0.781. The van der Waals surface area contributed by atoms with E-state index in [1.807, 2.05) is 29.6 Å². The average Bonchev–Trinajstić information content (AvgIpc) is 3.30. The number of aromatic nitrogens is 3. The van der Waals surface area contributed by atoms with Crippen LogP contribution >= 0.6 is 11.3 Å².